The van der Waals surface area contributed by atoms with Gasteiger partial charge < -0.3 is 20.6 Å². The second-order valence-electron chi connectivity index (χ2n) is 10.0. The van der Waals surface area contributed by atoms with Crippen LogP contribution in [0.1, 0.15) is 61.3 Å². The Morgan fingerprint density at radius 3 is 2.50 bits per heavy atom. The van der Waals surface area contributed by atoms with Crippen molar-refractivity contribution in [2.45, 2.75) is 70.4 Å². The zero-order valence-corrected chi connectivity index (χ0v) is 21.4. The van der Waals surface area contributed by atoms with E-state index in [1.54, 1.807) is 6.07 Å². The van der Waals surface area contributed by atoms with Gasteiger partial charge in [0.25, 0.3) is 0 Å². The fourth-order valence-corrected chi connectivity index (χ4v) is 5.61. The molecule has 0 unspecified atom stereocenters. The summed E-state index contributed by atoms with van der Waals surface area (Å²) in [5.74, 6) is 1.23. The van der Waals surface area contributed by atoms with Crippen LogP contribution < -0.4 is 10.6 Å². The van der Waals surface area contributed by atoms with Crippen LogP contribution in [0, 0.1) is 19.7 Å². The lowest BCUT2D eigenvalue weighted by Crippen LogP contribution is -2.43. The predicted octanol–water partition coefficient (Wildman–Crippen LogP) is 5.58. The van der Waals surface area contributed by atoms with E-state index < -0.39 is 0 Å². The van der Waals surface area contributed by atoms with E-state index in [-0.39, 0.29) is 17.9 Å². The van der Waals surface area contributed by atoms with Crippen molar-refractivity contribution in [3.63, 3.8) is 0 Å². The molecule has 0 bridgehead atoms. The van der Waals surface area contributed by atoms with E-state index in [9.17, 15) is 5.11 Å². The summed E-state index contributed by atoms with van der Waals surface area (Å²) in [4.78, 5) is 11.2. The van der Waals surface area contributed by atoms with Crippen LogP contribution in [0.2, 0.25) is 5.02 Å². The lowest BCUT2D eigenvalue weighted by molar-refractivity contribution is 0.0618. The molecule has 1 aliphatic heterocycles. The van der Waals surface area contributed by atoms with Gasteiger partial charge in [0, 0.05) is 17.8 Å². The normalized spacial score (nSPS) is 21.5. The summed E-state index contributed by atoms with van der Waals surface area (Å²) in [7, 11) is 0. The number of aliphatic hydroxyl groups is 1. The summed E-state index contributed by atoms with van der Waals surface area (Å²) < 4.78 is 15.2. The fourth-order valence-electron chi connectivity index (χ4n) is 5.47. The summed E-state index contributed by atoms with van der Waals surface area (Å²) >= 11 is 6.24. The zero-order chi connectivity index (χ0) is 25.2. The summed E-state index contributed by atoms with van der Waals surface area (Å²) in [6.45, 7) is 5.98. The summed E-state index contributed by atoms with van der Waals surface area (Å²) in [6, 6.07) is 5.91. The van der Waals surface area contributed by atoms with E-state index in [2.05, 4.69) is 35.7 Å². The van der Waals surface area contributed by atoms with E-state index in [4.69, 9.17) is 11.6 Å². The quantitative estimate of drug-likeness (QED) is 0.341. The minimum absolute atomic E-state index is 0.127. The molecule has 2 aromatic heterocycles. The molecule has 36 heavy (non-hydrogen) atoms. The third-order valence-corrected chi connectivity index (χ3v) is 7.73. The number of halogens is 2. The molecule has 2 fully saturated rings. The van der Waals surface area contributed by atoms with E-state index in [0.29, 0.717) is 34.3 Å². The zero-order valence-electron chi connectivity index (χ0n) is 20.7. The van der Waals surface area contributed by atoms with Gasteiger partial charge in [0.1, 0.15) is 10.8 Å². The standard InChI is InChI=1S/C26H33ClFN7O/c1-15-11-23(30-26-29-14-21(27)25(32-26)31-24-12-16(2)33-34-24)22(28)13-20(15)17-7-9-35(10-8-17)18-3-5-19(36)6-4-18/h11-14,17-19,36H,3-10H2,1-2H3,(H3,29,30,31,32,33,34)/t18-,19+. The molecule has 0 atom stereocenters. The van der Waals surface area contributed by atoms with E-state index >= 15 is 4.39 Å². The Kier molecular flexibility index (Phi) is 7.41. The molecule has 0 amide bonds. The van der Waals surface area contributed by atoms with Crippen molar-refractivity contribution >= 4 is 34.9 Å². The number of hydrogen-bond acceptors (Lipinski definition) is 7. The molecule has 3 heterocycles. The van der Waals surface area contributed by atoms with Gasteiger partial charge >= 0.3 is 0 Å². The number of rotatable bonds is 6. The Balaban J connectivity index is 1.25. The number of nitrogens with one attached hydrogen (secondary N) is 3. The highest BCUT2D eigenvalue weighted by Crippen LogP contribution is 2.36. The molecule has 8 nitrogen and oxygen atoms in total. The van der Waals surface area contributed by atoms with Crippen LogP contribution in [0.4, 0.5) is 27.7 Å². The molecule has 5 rings (SSSR count). The molecular weight excluding hydrogens is 481 g/mol. The molecule has 1 saturated carbocycles. The Hall–Kier alpha value is -2.75. The van der Waals surface area contributed by atoms with Crippen LogP contribution in [-0.2, 0) is 0 Å². The number of H-pyrrole nitrogens is 1. The first-order valence-corrected chi connectivity index (χ1v) is 13.0. The third-order valence-electron chi connectivity index (χ3n) is 7.45. The number of likely N-dealkylation sites (tertiary alicyclic amines) is 1. The number of aromatic amines is 1. The van der Waals surface area contributed by atoms with E-state index in [1.807, 2.05) is 26.0 Å². The Bertz CT molecular complexity index is 1200. The highest BCUT2D eigenvalue weighted by Gasteiger charge is 2.29. The number of benzene rings is 1. The fraction of sp³-hybridized carbons (Fsp3) is 0.500. The maximum Gasteiger partial charge on any atom is 0.229 e. The van der Waals surface area contributed by atoms with Crippen molar-refractivity contribution in [2.24, 2.45) is 0 Å². The number of aliphatic hydroxyl groups excluding tert-OH is 1. The first-order valence-electron chi connectivity index (χ1n) is 12.7. The lowest BCUT2D eigenvalue weighted by Gasteiger charge is -2.40. The van der Waals surface area contributed by atoms with Gasteiger partial charge in [-0.05, 0) is 94.6 Å². The molecule has 1 aliphatic carbocycles. The van der Waals surface area contributed by atoms with Gasteiger partial charge in [0.15, 0.2) is 11.6 Å². The van der Waals surface area contributed by atoms with Crippen LogP contribution in [0.5, 0.6) is 0 Å². The van der Waals surface area contributed by atoms with E-state index in [1.165, 1.54) is 6.20 Å². The van der Waals surface area contributed by atoms with Crippen molar-refractivity contribution in [3.8, 4) is 0 Å². The molecule has 10 heteroatoms. The van der Waals surface area contributed by atoms with Gasteiger partial charge in [-0.1, -0.05) is 11.6 Å². The highest BCUT2D eigenvalue weighted by molar-refractivity contribution is 6.32. The van der Waals surface area contributed by atoms with Crippen LogP contribution in [0.3, 0.4) is 0 Å². The first-order chi connectivity index (χ1) is 17.4. The number of piperidine rings is 1. The molecule has 3 aromatic rings. The van der Waals surface area contributed by atoms with Crippen molar-refractivity contribution in [3.05, 3.63) is 52.1 Å². The number of aromatic nitrogens is 4. The molecular formula is C26H33ClFN7O. The number of aryl methyl sites for hydroxylation is 2. The third kappa shape index (κ3) is 5.63. The van der Waals surface area contributed by atoms with Crippen LogP contribution in [0.15, 0.2) is 24.4 Å². The maximum atomic E-state index is 15.2. The van der Waals surface area contributed by atoms with Crippen molar-refractivity contribution in [1.29, 1.82) is 0 Å². The van der Waals surface area contributed by atoms with Crippen LogP contribution >= 0.6 is 11.6 Å². The first kappa shape index (κ1) is 24.9. The number of anilines is 4. The second kappa shape index (κ2) is 10.7. The van der Waals surface area contributed by atoms with Gasteiger partial charge in [-0.15, -0.1) is 0 Å². The van der Waals surface area contributed by atoms with Gasteiger partial charge in [-0.2, -0.15) is 10.1 Å². The average Bonchev–Trinajstić information content (AvgIpc) is 3.28. The minimum Gasteiger partial charge on any atom is -0.393 e. The number of hydrogen-bond donors (Lipinski definition) is 4. The molecule has 1 saturated heterocycles. The molecule has 2 aliphatic rings. The second-order valence-corrected chi connectivity index (χ2v) is 10.4. The molecule has 0 radical (unpaired) electrons. The lowest BCUT2D eigenvalue weighted by atomic mass is 9.84. The molecule has 0 spiro atoms. The number of nitrogens with zero attached hydrogens (tertiary/aromatic N) is 4. The smallest absolute Gasteiger partial charge is 0.229 e. The van der Waals surface area contributed by atoms with Crippen molar-refractivity contribution in [2.75, 3.05) is 23.7 Å². The monoisotopic (exact) mass is 513 g/mol. The SMILES string of the molecule is Cc1cc(Nc2nc(Nc3cc(C)c(C4CCN([C@H]5CC[C@@H](O)CC5)CC4)cc3F)ncc2Cl)n[nH]1. The topological polar surface area (TPSA) is 102 Å². The Morgan fingerprint density at radius 2 is 1.81 bits per heavy atom. The maximum absolute atomic E-state index is 15.2. The largest absolute Gasteiger partial charge is 0.393 e. The highest BCUT2D eigenvalue weighted by atomic mass is 35.5. The Labute approximate surface area is 215 Å². The predicted molar refractivity (Wildman–Crippen MR) is 140 cm³/mol. The molecule has 1 aromatic carbocycles. The van der Waals surface area contributed by atoms with Gasteiger partial charge in [0.2, 0.25) is 5.95 Å². The minimum atomic E-state index is -0.324. The molecule has 4 N–H and O–H groups in total. The van der Waals surface area contributed by atoms with Crippen LogP contribution in [-0.4, -0.2) is 55.4 Å². The summed E-state index contributed by atoms with van der Waals surface area (Å²) in [6.07, 6.45) is 7.34. The summed E-state index contributed by atoms with van der Waals surface area (Å²) in [5, 5.41) is 23.2. The van der Waals surface area contributed by atoms with Gasteiger partial charge in [-0.25, -0.2) is 9.37 Å². The summed E-state index contributed by atoms with van der Waals surface area (Å²) in [5.41, 5.74) is 3.36. The van der Waals surface area contributed by atoms with Crippen molar-refractivity contribution in [1.82, 2.24) is 25.1 Å². The van der Waals surface area contributed by atoms with Crippen LogP contribution in [0.25, 0.3) is 0 Å². The van der Waals surface area contributed by atoms with E-state index in [0.717, 1.165) is 68.4 Å². The Morgan fingerprint density at radius 1 is 1.06 bits per heavy atom. The van der Waals surface area contributed by atoms with Crippen molar-refractivity contribution < 1.29 is 9.50 Å². The van der Waals surface area contributed by atoms with Gasteiger partial charge in [-0.3, -0.25) is 5.10 Å². The molecule has 192 valence electrons. The van der Waals surface area contributed by atoms with Gasteiger partial charge in [0.05, 0.1) is 18.0 Å². The average molecular weight is 514 g/mol.